The fourth-order valence-electron chi connectivity index (χ4n) is 2.31. The topological polar surface area (TPSA) is 72.1 Å². The van der Waals surface area contributed by atoms with Gasteiger partial charge in [-0.1, -0.05) is 41.9 Å². The molecule has 0 saturated carbocycles. The van der Waals surface area contributed by atoms with Crippen molar-refractivity contribution in [1.82, 2.24) is 9.97 Å². The molecule has 2 N–H and O–H groups in total. The van der Waals surface area contributed by atoms with Crippen LogP contribution in [0.15, 0.2) is 30.3 Å². The van der Waals surface area contributed by atoms with Gasteiger partial charge < -0.3 is 5.73 Å². The van der Waals surface area contributed by atoms with Crippen LogP contribution >= 0.6 is 11.6 Å². The number of halogens is 1. The monoisotopic (exact) mass is 288 g/mol. The number of amides is 1. The number of nitrogen functional groups attached to an aromatic ring is 1. The zero-order valence-corrected chi connectivity index (χ0v) is 11.5. The minimum atomic E-state index is 0.0236. The van der Waals surface area contributed by atoms with Gasteiger partial charge in [0.2, 0.25) is 11.9 Å². The number of carbonyl (C=O) groups excluding carboxylic acids is 1. The Morgan fingerprint density at radius 2 is 1.95 bits per heavy atom. The lowest BCUT2D eigenvalue weighted by atomic mass is 10.1. The highest BCUT2D eigenvalue weighted by molar-refractivity contribution is 6.30. The number of carbonyl (C=O) groups is 1. The van der Waals surface area contributed by atoms with Crippen molar-refractivity contribution in [3.8, 4) is 0 Å². The average molecular weight is 289 g/mol. The van der Waals surface area contributed by atoms with Crippen molar-refractivity contribution in [3.63, 3.8) is 0 Å². The van der Waals surface area contributed by atoms with E-state index in [-0.39, 0.29) is 11.9 Å². The number of hydrogen-bond acceptors (Lipinski definition) is 4. The number of anilines is 2. The Balaban J connectivity index is 2.02. The van der Waals surface area contributed by atoms with E-state index in [0.717, 1.165) is 11.1 Å². The lowest BCUT2D eigenvalue weighted by Gasteiger charge is -2.28. The number of rotatable bonds is 2. The van der Waals surface area contributed by atoms with E-state index in [0.29, 0.717) is 30.4 Å². The zero-order valence-electron chi connectivity index (χ0n) is 10.7. The van der Waals surface area contributed by atoms with Gasteiger partial charge in [0.15, 0.2) is 0 Å². The molecule has 0 spiro atoms. The van der Waals surface area contributed by atoms with Crippen molar-refractivity contribution in [1.29, 1.82) is 0 Å². The molecule has 0 aliphatic carbocycles. The van der Waals surface area contributed by atoms with Gasteiger partial charge in [0.05, 0.1) is 6.54 Å². The third-order valence-corrected chi connectivity index (χ3v) is 3.59. The summed E-state index contributed by atoms with van der Waals surface area (Å²) in [5.74, 6) is 0.639. The van der Waals surface area contributed by atoms with Crippen molar-refractivity contribution in [3.05, 3.63) is 46.6 Å². The first kappa shape index (κ1) is 12.9. The van der Waals surface area contributed by atoms with Crippen molar-refractivity contribution in [2.45, 2.75) is 19.4 Å². The van der Waals surface area contributed by atoms with Crippen molar-refractivity contribution in [2.24, 2.45) is 0 Å². The fourth-order valence-corrected chi connectivity index (χ4v) is 2.58. The molecule has 0 saturated heterocycles. The van der Waals surface area contributed by atoms with Gasteiger partial charge in [0.25, 0.3) is 0 Å². The van der Waals surface area contributed by atoms with Gasteiger partial charge in [-0.2, -0.15) is 4.98 Å². The Labute approximate surface area is 121 Å². The third-order valence-electron chi connectivity index (χ3n) is 3.28. The molecule has 0 fully saturated rings. The van der Waals surface area contributed by atoms with Crippen molar-refractivity contribution in [2.75, 3.05) is 10.6 Å². The molecule has 0 radical (unpaired) electrons. The van der Waals surface area contributed by atoms with Gasteiger partial charge in [-0.25, -0.2) is 4.98 Å². The molecule has 0 unspecified atom stereocenters. The standard InChI is InChI=1S/C14H13ClN4O/c15-12-10-6-7-11(20)19(13(10)18-14(16)17-12)8-9-4-2-1-3-5-9/h1-5H,6-8H2,(H2,16,17,18). The largest absolute Gasteiger partial charge is 0.368 e. The Morgan fingerprint density at radius 3 is 2.70 bits per heavy atom. The highest BCUT2D eigenvalue weighted by atomic mass is 35.5. The second kappa shape index (κ2) is 5.09. The molecule has 5 nitrogen and oxygen atoms in total. The average Bonchev–Trinajstić information content (AvgIpc) is 2.43. The number of hydrogen-bond donors (Lipinski definition) is 1. The van der Waals surface area contributed by atoms with Crippen LogP contribution in [-0.4, -0.2) is 15.9 Å². The first-order chi connectivity index (χ1) is 9.65. The predicted octanol–water partition coefficient (Wildman–Crippen LogP) is 2.19. The predicted molar refractivity (Wildman–Crippen MR) is 77.4 cm³/mol. The van der Waals surface area contributed by atoms with Gasteiger partial charge in [-0.15, -0.1) is 0 Å². The Hall–Kier alpha value is -2.14. The maximum Gasteiger partial charge on any atom is 0.228 e. The maximum absolute atomic E-state index is 12.2. The summed E-state index contributed by atoms with van der Waals surface area (Å²) < 4.78 is 0. The minimum Gasteiger partial charge on any atom is -0.368 e. The molecule has 6 heteroatoms. The second-order valence-electron chi connectivity index (χ2n) is 4.64. The van der Waals surface area contributed by atoms with E-state index in [9.17, 15) is 4.79 Å². The van der Waals surface area contributed by atoms with E-state index in [2.05, 4.69) is 9.97 Å². The molecule has 20 heavy (non-hydrogen) atoms. The van der Waals surface area contributed by atoms with Gasteiger partial charge in [-0.3, -0.25) is 9.69 Å². The van der Waals surface area contributed by atoms with E-state index >= 15 is 0 Å². The molecule has 3 rings (SSSR count). The summed E-state index contributed by atoms with van der Waals surface area (Å²) in [6.07, 6.45) is 0.964. The van der Waals surface area contributed by atoms with Gasteiger partial charge in [0, 0.05) is 12.0 Å². The molecule has 102 valence electrons. The number of nitrogens with zero attached hydrogens (tertiary/aromatic N) is 3. The summed E-state index contributed by atoms with van der Waals surface area (Å²) in [7, 11) is 0. The first-order valence-corrected chi connectivity index (χ1v) is 6.69. The fraction of sp³-hybridized carbons (Fsp3) is 0.214. The molecule has 1 aromatic heterocycles. The number of benzene rings is 1. The van der Waals surface area contributed by atoms with E-state index in [1.807, 2.05) is 30.3 Å². The molecule has 1 amide bonds. The Kier molecular flexibility index (Phi) is 3.28. The first-order valence-electron chi connectivity index (χ1n) is 6.31. The van der Waals surface area contributed by atoms with Gasteiger partial charge >= 0.3 is 0 Å². The molecule has 0 bridgehead atoms. The zero-order chi connectivity index (χ0) is 14.1. The molecular formula is C14H13ClN4O. The molecule has 1 aliphatic rings. The van der Waals surface area contributed by atoms with Crippen LogP contribution in [0.5, 0.6) is 0 Å². The molecule has 0 atom stereocenters. The number of fused-ring (bicyclic) bond motifs is 1. The summed E-state index contributed by atoms with van der Waals surface area (Å²) in [5, 5.41) is 0.332. The summed E-state index contributed by atoms with van der Waals surface area (Å²) in [6, 6.07) is 9.74. The highest BCUT2D eigenvalue weighted by Gasteiger charge is 2.28. The molecule has 2 heterocycles. The van der Waals surface area contributed by atoms with Crippen molar-refractivity contribution >= 4 is 29.3 Å². The Morgan fingerprint density at radius 1 is 1.20 bits per heavy atom. The smallest absolute Gasteiger partial charge is 0.228 e. The van der Waals surface area contributed by atoms with Crippen LogP contribution in [0.4, 0.5) is 11.8 Å². The lowest BCUT2D eigenvalue weighted by molar-refractivity contribution is -0.119. The van der Waals surface area contributed by atoms with Crippen LogP contribution in [0.1, 0.15) is 17.5 Å². The quantitative estimate of drug-likeness (QED) is 0.860. The molecule has 1 aromatic carbocycles. The van der Waals surface area contributed by atoms with Crippen LogP contribution in [0.3, 0.4) is 0 Å². The summed E-state index contributed by atoms with van der Waals surface area (Å²) in [4.78, 5) is 21.9. The maximum atomic E-state index is 12.2. The molecular weight excluding hydrogens is 276 g/mol. The van der Waals surface area contributed by atoms with E-state index in [4.69, 9.17) is 17.3 Å². The van der Waals surface area contributed by atoms with Crippen LogP contribution in [0, 0.1) is 0 Å². The second-order valence-corrected chi connectivity index (χ2v) is 5.00. The minimum absolute atomic E-state index is 0.0236. The molecule has 2 aromatic rings. The van der Waals surface area contributed by atoms with Crippen molar-refractivity contribution < 1.29 is 4.79 Å². The summed E-state index contributed by atoms with van der Waals surface area (Å²) in [6.45, 7) is 0.458. The molecule has 1 aliphatic heterocycles. The van der Waals surface area contributed by atoms with Gasteiger partial charge in [-0.05, 0) is 12.0 Å². The van der Waals surface area contributed by atoms with Crippen LogP contribution in [-0.2, 0) is 17.8 Å². The van der Waals surface area contributed by atoms with Crippen LogP contribution in [0.2, 0.25) is 5.15 Å². The highest BCUT2D eigenvalue weighted by Crippen LogP contribution is 2.32. The van der Waals surface area contributed by atoms with E-state index < -0.39 is 0 Å². The normalized spacial score (nSPS) is 14.2. The number of nitrogens with two attached hydrogens (primary N) is 1. The van der Waals surface area contributed by atoms with E-state index in [1.54, 1.807) is 4.90 Å². The summed E-state index contributed by atoms with van der Waals surface area (Å²) >= 11 is 6.09. The van der Waals surface area contributed by atoms with Gasteiger partial charge in [0.1, 0.15) is 11.0 Å². The van der Waals surface area contributed by atoms with Crippen LogP contribution in [0.25, 0.3) is 0 Å². The van der Waals surface area contributed by atoms with E-state index in [1.165, 1.54) is 0 Å². The van der Waals surface area contributed by atoms with Crippen LogP contribution < -0.4 is 10.6 Å². The summed E-state index contributed by atoms with van der Waals surface area (Å²) in [5.41, 5.74) is 7.46. The number of aromatic nitrogens is 2. The lowest BCUT2D eigenvalue weighted by Crippen LogP contribution is -2.35. The third kappa shape index (κ3) is 2.32. The SMILES string of the molecule is Nc1nc(Cl)c2c(n1)N(Cc1ccccc1)C(=O)CC2. The Bertz CT molecular complexity index is 660.